The minimum atomic E-state index is -0.994. The van der Waals surface area contributed by atoms with Crippen molar-refractivity contribution in [3.8, 4) is 5.75 Å². The second-order valence-corrected chi connectivity index (χ2v) is 4.81. The number of allylic oxidation sites excluding steroid dienone is 1. The zero-order chi connectivity index (χ0) is 12.0. The quantitative estimate of drug-likeness (QED) is 0.779. The van der Waals surface area contributed by atoms with Gasteiger partial charge in [0.1, 0.15) is 17.4 Å². The Hall–Kier alpha value is -1.48. The minimum Gasteiger partial charge on any atom is -0.485 e. The Morgan fingerprint density at radius 2 is 2.29 bits per heavy atom. The molecular formula is C13H11ClO3. The molecule has 0 fully saturated rings. The van der Waals surface area contributed by atoms with Crippen LogP contribution in [0.2, 0.25) is 5.02 Å². The van der Waals surface area contributed by atoms with Gasteiger partial charge in [-0.25, -0.2) is 4.79 Å². The maximum absolute atomic E-state index is 11.2. The van der Waals surface area contributed by atoms with Crippen molar-refractivity contribution in [3.05, 3.63) is 40.4 Å². The highest BCUT2D eigenvalue weighted by atomic mass is 35.5. The van der Waals surface area contributed by atoms with E-state index in [-0.39, 0.29) is 17.6 Å². The van der Waals surface area contributed by atoms with Gasteiger partial charge in [0.15, 0.2) is 0 Å². The fourth-order valence-electron chi connectivity index (χ4n) is 2.58. The van der Waals surface area contributed by atoms with Crippen molar-refractivity contribution >= 4 is 17.6 Å². The molecule has 17 heavy (non-hydrogen) atoms. The number of ether oxygens (including phenoxy) is 1. The van der Waals surface area contributed by atoms with E-state index in [1.807, 2.05) is 12.1 Å². The maximum atomic E-state index is 11.2. The lowest BCUT2D eigenvalue weighted by atomic mass is 9.87. The number of hydrogen-bond acceptors (Lipinski definition) is 2. The summed E-state index contributed by atoms with van der Waals surface area (Å²) < 4.78 is 5.73. The van der Waals surface area contributed by atoms with Gasteiger partial charge in [-0.1, -0.05) is 17.7 Å². The fourth-order valence-corrected chi connectivity index (χ4v) is 2.80. The largest absolute Gasteiger partial charge is 0.485 e. The van der Waals surface area contributed by atoms with Crippen LogP contribution >= 0.6 is 11.6 Å². The standard InChI is InChI=1S/C13H11ClO3/c14-7-5-9-8-3-1-2-4-11(8)17-12(9)10(6-7)13(15)16/h2,4-6,8,11H,1,3H2,(H,15,16)/t8-,11-/m1/s1. The lowest BCUT2D eigenvalue weighted by Gasteiger charge is -2.18. The van der Waals surface area contributed by atoms with Gasteiger partial charge in [-0.3, -0.25) is 0 Å². The number of fused-ring (bicyclic) bond motifs is 3. The third kappa shape index (κ3) is 1.62. The molecule has 3 nitrogen and oxygen atoms in total. The SMILES string of the molecule is O=C(O)c1cc(Cl)cc2c1O[C@@H]1C=CCC[C@H]21. The number of aromatic carboxylic acids is 1. The molecule has 1 aliphatic carbocycles. The number of carbonyl (C=O) groups is 1. The van der Waals surface area contributed by atoms with E-state index in [0.29, 0.717) is 10.8 Å². The van der Waals surface area contributed by atoms with Crippen LogP contribution in [0.5, 0.6) is 5.75 Å². The van der Waals surface area contributed by atoms with E-state index < -0.39 is 5.97 Å². The third-order valence-electron chi connectivity index (χ3n) is 3.33. The number of carboxylic acid groups (broad SMARTS) is 1. The van der Waals surface area contributed by atoms with E-state index in [1.54, 1.807) is 0 Å². The molecular weight excluding hydrogens is 240 g/mol. The van der Waals surface area contributed by atoms with Crippen LogP contribution in [-0.2, 0) is 0 Å². The first-order valence-corrected chi connectivity index (χ1v) is 5.94. The van der Waals surface area contributed by atoms with E-state index in [4.69, 9.17) is 21.4 Å². The third-order valence-corrected chi connectivity index (χ3v) is 3.55. The summed E-state index contributed by atoms with van der Waals surface area (Å²) in [5, 5.41) is 9.61. The molecule has 0 radical (unpaired) electrons. The van der Waals surface area contributed by atoms with Gasteiger partial charge in [-0.15, -0.1) is 0 Å². The highest BCUT2D eigenvalue weighted by molar-refractivity contribution is 6.31. The number of halogens is 1. The Balaban J connectivity index is 2.15. The van der Waals surface area contributed by atoms with Crippen LogP contribution in [0.15, 0.2) is 24.3 Å². The zero-order valence-corrected chi connectivity index (χ0v) is 9.78. The number of rotatable bonds is 1. The summed E-state index contributed by atoms with van der Waals surface area (Å²) in [5.74, 6) is -0.262. The van der Waals surface area contributed by atoms with Crippen LogP contribution in [0.3, 0.4) is 0 Å². The molecule has 0 bridgehead atoms. The monoisotopic (exact) mass is 250 g/mol. The molecule has 4 heteroatoms. The van der Waals surface area contributed by atoms with E-state index in [0.717, 1.165) is 18.4 Å². The van der Waals surface area contributed by atoms with Gasteiger partial charge in [-0.2, -0.15) is 0 Å². The molecule has 0 saturated carbocycles. The second-order valence-electron chi connectivity index (χ2n) is 4.37. The molecule has 2 aliphatic rings. The zero-order valence-electron chi connectivity index (χ0n) is 9.02. The number of benzene rings is 1. The Bertz CT molecular complexity index is 522. The van der Waals surface area contributed by atoms with Gasteiger partial charge in [0.2, 0.25) is 0 Å². The van der Waals surface area contributed by atoms with Gasteiger partial charge >= 0.3 is 5.97 Å². The van der Waals surface area contributed by atoms with Crippen LogP contribution in [-0.4, -0.2) is 17.2 Å². The Kier molecular flexibility index (Phi) is 2.37. The number of hydrogen-bond donors (Lipinski definition) is 1. The molecule has 1 aliphatic heterocycles. The molecule has 0 spiro atoms. The summed E-state index contributed by atoms with van der Waals surface area (Å²) in [6.45, 7) is 0. The first-order chi connectivity index (χ1) is 8.16. The highest BCUT2D eigenvalue weighted by Gasteiger charge is 2.36. The summed E-state index contributed by atoms with van der Waals surface area (Å²) in [6, 6.07) is 3.27. The summed E-state index contributed by atoms with van der Waals surface area (Å²) >= 11 is 5.97. The lowest BCUT2D eigenvalue weighted by Crippen LogP contribution is -2.18. The van der Waals surface area contributed by atoms with Crippen LogP contribution < -0.4 is 4.74 Å². The van der Waals surface area contributed by atoms with Crippen molar-refractivity contribution in [3.63, 3.8) is 0 Å². The van der Waals surface area contributed by atoms with Crippen LogP contribution in [0.25, 0.3) is 0 Å². The van der Waals surface area contributed by atoms with E-state index in [2.05, 4.69) is 6.08 Å². The summed E-state index contributed by atoms with van der Waals surface area (Å²) in [4.78, 5) is 11.2. The van der Waals surface area contributed by atoms with Crippen LogP contribution in [0.1, 0.15) is 34.7 Å². The number of carboxylic acids is 1. The molecule has 3 rings (SSSR count). The first kappa shape index (κ1) is 10.7. The topological polar surface area (TPSA) is 46.5 Å². The van der Waals surface area contributed by atoms with Crippen molar-refractivity contribution in [1.29, 1.82) is 0 Å². The predicted molar refractivity (Wildman–Crippen MR) is 63.9 cm³/mol. The lowest BCUT2D eigenvalue weighted by molar-refractivity contribution is 0.0692. The molecule has 2 atom stereocenters. The van der Waals surface area contributed by atoms with Crippen LogP contribution in [0, 0.1) is 0 Å². The molecule has 0 amide bonds. The van der Waals surface area contributed by atoms with E-state index in [9.17, 15) is 4.79 Å². The predicted octanol–water partition coefficient (Wildman–Crippen LogP) is 3.23. The summed E-state index contributed by atoms with van der Waals surface area (Å²) in [7, 11) is 0. The van der Waals surface area contributed by atoms with Crippen LogP contribution in [0.4, 0.5) is 0 Å². The smallest absolute Gasteiger partial charge is 0.339 e. The van der Waals surface area contributed by atoms with Crippen molar-refractivity contribution in [1.82, 2.24) is 0 Å². The molecule has 0 saturated heterocycles. The molecule has 0 unspecified atom stereocenters. The Labute approximate surface area is 104 Å². The molecule has 1 aromatic carbocycles. The Morgan fingerprint density at radius 1 is 1.47 bits per heavy atom. The maximum Gasteiger partial charge on any atom is 0.339 e. The molecule has 1 aromatic rings. The minimum absolute atomic E-state index is 0.0321. The summed E-state index contributed by atoms with van der Waals surface area (Å²) in [6.07, 6.45) is 6.03. The molecule has 1 N–H and O–H groups in total. The molecule has 1 heterocycles. The van der Waals surface area contributed by atoms with E-state index >= 15 is 0 Å². The van der Waals surface area contributed by atoms with Crippen molar-refractivity contribution < 1.29 is 14.6 Å². The van der Waals surface area contributed by atoms with E-state index in [1.165, 1.54) is 6.07 Å². The highest BCUT2D eigenvalue weighted by Crippen LogP contribution is 2.46. The summed E-state index contributed by atoms with van der Waals surface area (Å²) in [5.41, 5.74) is 1.10. The van der Waals surface area contributed by atoms with Gasteiger partial charge in [0.25, 0.3) is 0 Å². The van der Waals surface area contributed by atoms with Gasteiger partial charge in [0.05, 0.1) is 0 Å². The van der Waals surface area contributed by atoms with Gasteiger partial charge in [0, 0.05) is 16.5 Å². The molecule has 88 valence electrons. The van der Waals surface area contributed by atoms with Gasteiger partial charge < -0.3 is 9.84 Å². The van der Waals surface area contributed by atoms with Crippen molar-refractivity contribution in [2.75, 3.05) is 0 Å². The fraction of sp³-hybridized carbons (Fsp3) is 0.308. The van der Waals surface area contributed by atoms with Crippen molar-refractivity contribution in [2.24, 2.45) is 0 Å². The van der Waals surface area contributed by atoms with Gasteiger partial charge in [-0.05, 0) is 31.1 Å². The average molecular weight is 251 g/mol. The average Bonchev–Trinajstić information content (AvgIpc) is 2.66. The normalized spacial score (nSPS) is 25.0. The second kappa shape index (κ2) is 3.77. The molecule has 0 aromatic heterocycles. The Morgan fingerprint density at radius 3 is 3.06 bits per heavy atom. The first-order valence-electron chi connectivity index (χ1n) is 5.57. The van der Waals surface area contributed by atoms with Crippen molar-refractivity contribution in [2.45, 2.75) is 24.9 Å².